The van der Waals surface area contributed by atoms with Crippen LogP contribution in [0.1, 0.15) is 25.0 Å². The number of anilines is 2. The van der Waals surface area contributed by atoms with Crippen molar-refractivity contribution in [3.05, 3.63) is 59.7 Å². The van der Waals surface area contributed by atoms with Crippen LogP contribution in [0, 0.1) is 11.3 Å². The third kappa shape index (κ3) is 2.92. The van der Waals surface area contributed by atoms with Gasteiger partial charge in [-0.15, -0.1) is 0 Å². The molecule has 0 bridgehead atoms. The lowest BCUT2D eigenvalue weighted by Gasteiger charge is -2.30. The molecule has 0 aliphatic carbocycles. The fourth-order valence-corrected chi connectivity index (χ4v) is 2.23. The van der Waals surface area contributed by atoms with Gasteiger partial charge >= 0.3 is 0 Å². The van der Waals surface area contributed by atoms with Gasteiger partial charge in [0.2, 0.25) is 0 Å². The molecule has 0 spiro atoms. The van der Waals surface area contributed by atoms with Gasteiger partial charge in [0, 0.05) is 18.3 Å². The number of nitrogens with zero attached hydrogens (tertiary/aromatic N) is 2. The highest BCUT2D eigenvalue weighted by Gasteiger charge is 2.15. The Morgan fingerprint density at radius 2 is 1.75 bits per heavy atom. The second-order valence-electron chi connectivity index (χ2n) is 5.05. The summed E-state index contributed by atoms with van der Waals surface area (Å²) in [5.41, 5.74) is 9.53. The molecule has 2 aromatic rings. The van der Waals surface area contributed by atoms with Crippen LogP contribution in [0.3, 0.4) is 0 Å². The highest BCUT2D eigenvalue weighted by Crippen LogP contribution is 2.25. The molecule has 0 heterocycles. The van der Waals surface area contributed by atoms with Gasteiger partial charge in [0.25, 0.3) is 0 Å². The molecule has 2 N–H and O–H groups in total. The molecule has 0 atom stereocenters. The Kier molecular flexibility index (Phi) is 4.27. The second kappa shape index (κ2) is 6.12. The average molecular weight is 265 g/mol. The maximum Gasteiger partial charge on any atom is 0.101 e. The zero-order valence-corrected chi connectivity index (χ0v) is 11.9. The Morgan fingerprint density at radius 3 is 2.40 bits per heavy atom. The Labute approximate surface area is 120 Å². The Balaban J connectivity index is 2.38. The van der Waals surface area contributed by atoms with E-state index in [0.29, 0.717) is 12.1 Å². The molecule has 0 aliphatic heterocycles. The molecule has 0 radical (unpaired) electrons. The molecule has 102 valence electrons. The number of rotatable bonds is 4. The van der Waals surface area contributed by atoms with Gasteiger partial charge in [0.1, 0.15) is 6.07 Å². The van der Waals surface area contributed by atoms with E-state index in [0.717, 1.165) is 16.9 Å². The molecule has 0 amide bonds. The molecule has 0 aliphatic rings. The lowest BCUT2D eigenvalue weighted by molar-refractivity contribution is 0.682. The van der Waals surface area contributed by atoms with Crippen molar-refractivity contribution in [2.75, 3.05) is 10.6 Å². The first-order chi connectivity index (χ1) is 9.63. The van der Waals surface area contributed by atoms with E-state index < -0.39 is 0 Å². The van der Waals surface area contributed by atoms with E-state index in [9.17, 15) is 5.26 Å². The van der Waals surface area contributed by atoms with Gasteiger partial charge in [-0.1, -0.05) is 30.3 Å². The minimum absolute atomic E-state index is 0.282. The Hall–Kier alpha value is -2.47. The van der Waals surface area contributed by atoms with Gasteiger partial charge in [-0.3, -0.25) is 0 Å². The van der Waals surface area contributed by atoms with Gasteiger partial charge in [-0.2, -0.15) is 5.26 Å². The summed E-state index contributed by atoms with van der Waals surface area (Å²) in [6.07, 6.45) is 0. The van der Waals surface area contributed by atoms with Crippen molar-refractivity contribution in [1.29, 1.82) is 5.26 Å². The van der Waals surface area contributed by atoms with E-state index in [1.807, 2.05) is 48.5 Å². The predicted molar refractivity (Wildman–Crippen MR) is 83.3 cm³/mol. The zero-order chi connectivity index (χ0) is 14.5. The maximum atomic E-state index is 9.27. The number of hydrogen-bond donors (Lipinski definition) is 1. The number of hydrogen-bond acceptors (Lipinski definition) is 3. The Bertz CT molecular complexity index is 626. The first kappa shape index (κ1) is 14.0. The van der Waals surface area contributed by atoms with Gasteiger partial charge in [-0.25, -0.2) is 0 Å². The topological polar surface area (TPSA) is 53.0 Å². The molecule has 3 nitrogen and oxygen atoms in total. The predicted octanol–water partition coefficient (Wildman–Crippen LogP) is 3.56. The average Bonchev–Trinajstić information content (AvgIpc) is 2.46. The molecular formula is C17H19N3. The van der Waals surface area contributed by atoms with Crippen LogP contribution in [0.5, 0.6) is 0 Å². The quantitative estimate of drug-likeness (QED) is 0.860. The van der Waals surface area contributed by atoms with Gasteiger partial charge in [-0.05, 0) is 37.6 Å². The van der Waals surface area contributed by atoms with Crippen LogP contribution in [0.25, 0.3) is 0 Å². The lowest BCUT2D eigenvalue weighted by atomic mass is 10.1. The van der Waals surface area contributed by atoms with Crippen LogP contribution in [-0.4, -0.2) is 6.04 Å². The fraction of sp³-hybridized carbons (Fsp3) is 0.235. The van der Waals surface area contributed by atoms with E-state index in [-0.39, 0.29) is 6.04 Å². The minimum Gasteiger partial charge on any atom is -0.398 e. The van der Waals surface area contributed by atoms with Crippen LogP contribution in [0.4, 0.5) is 11.4 Å². The normalized spacial score (nSPS) is 10.3. The molecule has 2 aromatic carbocycles. The van der Waals surface area contributed by atoms with Crippen LogP contribution in [0.15, 0.2) is 48.5 Å². The standard InChI is InChI=1S/C17H19N3/c1-13(2)20(12-15-8-3-5-9-16(15)19)17-10-6-4-7-14(17)11-18/h3-10,13H,12,19H2,1-2H3. The van der Waals surface area contributed by atoms with E-state index in [2.05, 4.69) is 24.8 Å². The number of nitrogen functional groups attached to an aromatic ring is 1. The molecule has 0 unspecified atom stereocenters. The smallest absolute Gasteiger partial charge is 0.101 e. The summed E-state index contributed by atoms with van der Waals surface area (Å²) in [5, 5.41) is 9.27. The van der Waals surface area contributed by atoms with Crippen LogP contribution >= 0.6 is 0 Å². The van der Waals surface area contributed by atoms with E-state index in [1.54, 1.807) is 0 Å². The Morgan fingerprint density at radius 1 is 1.10 bits per heavy atom. The molecule has 0 saturated heterocycles. The maximum absolute atomic E-state index is 9.27. The SMILES string of the molecule is CC(C)N(Cc1ccccc1N)c1ccccc1C#N. The van der Waals surface area contributed by atoms with Gasteiger partial charge < -0.3 is 10.6 Å². The summed E-state index contributed by atoms with van der Waals surface area (Å²) < 4.78 is 0. The summed E-state index contributed by atoms with van der Waals surface area (Å²) in [6, 6.07) is 18.1. The number of para-hydroxylation sites is 2. The molecule has 3 heteroatoms. The summed E-state index contributed by atoms with van der Waals surface area (Å²) in [5.74, 6) is 0. The number of benzene rings is 2. The van der Waals surface area contributed by atoms with Crippen LogP contribution < -0.4 is 10.6 Å². The first-order valence-corrected chi connectivity index (χ1v) is 6.72. The van der Waals surface area contributed by atoms with Gasteiger partial charge in [0.05, 0.1) is 11.3 Å². The summed E-state index contributed by atoms with van der Waals surface area (Å²) in [4.78, 5) is 2.20. The van der Waals surface area contributed by atoms with Crippen LogP contribution in [-0.2, 0) is 6.54 Å². The van der Waals surface area contributed by atoms with Gasteiger partial charge in [0.15, 0.2) is 0 Å². The van der Waals surface area contributed by atoms with E-state index >= 15 is 0 Å². The molecule has 0 fully saturated rings. The third-order valence-corrected chi connectivity index (χ3v) is 3.35. The van der Waals surface area contributed by atoms with Crippen molar-refractivity contribution in [2.24, 2.45) is 0 Å². The molecular weight excluding hydrogens is 246 g/mol. The summed E-state index contributed by atoms with van der Waals surface area (Å²) >= 11 is 0. The fourth-order valence-electron chi connectivity index (χ4n) is 2.23. The summed E-state index contributed by atoms with van der Waals surface area (Å²) in [6.45, 7) is 4.93. The molecule has 2 rings (SSSR count). The van der Waals surface area contributed by atoms with Crippen molar-refractivity contribution in [3.8, 4) is 6.07 Å². The number of nitriles is 1. The van der Waals surface area contributed by atoms with Crippen molar-refractivity contribution in [2.45, 2.75) is 26.4 Å². The molecule has 0 aromatic heterocycles. The van der Waals surface area contributed by atoms with Crippen molar-refractivity contribution in [1.82, 2.24) is 0 Å². The largest absolute Gasteiger partial charge is 0.398 e. The lowest BCUT2D eigenvalue weighted by Crippen LogP contribution is -2.31. The van der Waals surface area contributed by atoms with E-state index in [1.165, 1.54) is 0 Å². The van der Waals surface area contributed by atoms with E-state index in [4.69, 9.17) is 5.73 Å². The highest BCUT2D eigenvalue weighted by atomic mass is 15.2. The summed E-state index contributed by atoms with van der Waals surface area (Å²) in [7, 11) is 0. The zero-order valence-electron chi connectivity index (χ0n) is 11.9. The highest BCUT2D eigenvalue weighted by molar-refractivity contribution is 5.61. The van der Waals surface area contributed by atoms with Crippen molar-refractivity contribution < 1.29 is 0 Å². The second-order valence-corrected chi connectivity index (χ2v) is 5.05. The van der Waals surface area contributed by atoms with Crippen LogP contribution in [0.2, 0.25) is 0 Å². The first-order valence-electron chi connectivity index (χ1n) is 6.72. The minimum atomic E-state index is 0.282. The monoisotopic (exact) mass is 265 g/mol. The number of nitrogens with two attached hydrogens (primary N) is 1. The van der Waals surface area contributed by atoms with Crippen molar-refractivity contribution >= 4 is 11.4 Å². The molecule has 0 saturated carbocycles. The molecule has 20 heavy (non-hydrogen) atoms. The third-order valence-electron chi connectivity index (χ3n) is 3.35. The van der Waals surface area contributed by atoms with Crippen molar-refractivity contribution in [3.63, 3.8) is 0 Å².